The highest BCUT2D eigenvalue weighted by Gasteiger charge is 2.35. The van der Waals surface area contributed by atoms with E-state index in [9.17, 15) is 9.59 Å². The fraction of sp³-hybridized carbons (Fsp3) is 0.115. The molecule has 1 saturated heterocycles. The molecule has 0 unspecified atom stereocenters. The number of methoxy groups -OCH3 is 1. The summed E-state index contributed by atoms with van der Waals surface area (Å²) in [4.78, 5) is 27.0. The van der Waals surface area contributed by atoms with E-state index in [-0.39, 0.29) is 24.3 Å². The number of hydrogen-bond acceptors (Lipinski definition) is 6. The van der Waals surface area contributed by atoms with E-state index in [1.165, 1.54) is 12.0 Å². The molecular weight excluding hydrogens is 643 g/mol. The topological polar surface area (TPSA) is 79.6 Å². The minimum absolute atomic E-state index is 0.230. The number of thioether (sulfide) groups is 1. The fourth-order valence-electron chi connectivity index (χ4n) is 3.35. The van der Waals surface area contributed by atoms with Gasteiger partial charge in [0.1, 0.15) is 6.61 Å². The van der Waals surface area contributed by atoms with Crippen LogP contribution in [0.15, 0.2) is 70.0 Å². The average Bonchev–Trinajstić information content (AvgIpc) is 3.12. The van der Waals surface area contributed by atoms with Crippen molar-refractivity contribution in [3.63, 3.8) is 0 Å². The van der Waals surface area contributed by atoms with Gasteiger partial charge in [-0.2, -0.15) is 5.26 Å². The Kier molecular flexibility index (Phi) is 8.15. The van der Waals surface area contributed by atoms with Crippen LogP contribution in [0.4, 0.5) is 4.79 Å². The van der Waals surface area contributed by atoms with E-state index in [1.807, 2.05) is 42.5 Å². The van der Waals surface area contributed by atoms with Crippen LogP contribution in [-0.4, -0.2) is 23.2 Å². The summed E-state index contributed by atoms with van der Waals surface area (Å²) in [6, 6.07) is 20.5. The average molecular weight is 661 g/mol. The first-order chi connectivity index (χ1) is 16.9. The maximum Gasteiger partial charge on any atom is 0.293 e. The number of carbonyl (C=O) groups excluding carboxylic acids is 2. The summed E-state index contributed by atoms with van der Waals surface area (Å²) < 4.78 is 13.2. The molecule has 0 aromatic heterocycles. The van der Waals surface area contributed by atoms with Crippen LogP contribution in [0.25, 0.3) is 6.08 Å². The monoisotopic (exact) mass is 660 g/mol. The quantitative estimate of drug-likeness (QED) is 0.206. The molecule has 2 amide bonds. The summed E-state index contributed by atoms with van der Waals surface area (Å²) in [5, 5.41) is 8.64. The van der Waals surface area contributed by atoms with Crippen LogP contribution >= 0.6 is 50.3 Å². The number of ether oxygens (including phenoxy) is 2. The van der Waals surface area contributed by atoms with Gasteiger partial charge in [-0.25, -0.2) is 0 Å². The zero-order valence-electron chi connectivity index (χ0n) is 18.5. The van der Waals surface area contributed by atoms with Crippen molar-refractivity contribution in [1.29, 1.82) is 5.26 Å². The van der Waals surface area contributed by atoms with Crippen LogP contribution < -0.4 is 9.47 Å². The largest absolute Gasteiger partial charge is 0.493 e. The van der Waals surface area contributed by atoms with Crippen LogP contribution in [0.5, 0.6) is 11.5 Å². The minimum atomic E-state index is -0.324. The lowest BCUT2D eigenvalue weighted by Crippen LogP contribution is -2.27. The Morgan fingerprint density at radius 1 is 1.09 bits per heavy atom. The molecule has 3 aromatic rings. The molecule has 0 aliphatic carbocycles. The summed E-state index contributed by atoms with van der Waals surface area (Å²) in [6.07, 6.45) is 1.68. The molecule has 1 fully saturated rings. The van der Waals surface area contributed by atoms with Crippen LogP contribution in [-0.2, 0) is 17.9 Å². The number of amides is 2. The highest BCUT2D eigenvalue weighted by atomic mass is 127. The molecule has 0 spiro atoms. The second-order valence-corrected chi connectivity index (χ2v) is 10.6. The number of imide groups is 1. The van der Waals surface area contributed by atoms with Crippen LogP contribution in [0.1, 0.15) is 22.3 Å². The van der Waals surface area contributed by atoms with Crippen molar-refractivity contribution < 1.29 is 19.1 Å². The molecule has 4 rings (SSSR count). The summed E-state index contributed by atoms with van der Waals surface area (Å²) in [5.41, 5.74) is 3.07. The highest BCUT2D eigenvalue weighted by Crippen LogP contribution is 2.39. The van der Waals surface area contributed by atoms with Crippen molar-refractivity contribution in [3.05, 3.63) is 95.9 Å². The molecule has 3 aromatic carbocycles. The van der Waals surface area contributed by atoms with Gasteiger partial charge in [-0.1, -0.05) is 24.3 Å². The van der Waals surface area contributed by atoms with Gasteiger partial charge in [0.15, 0.2) is 11.5 Å². The summed E-state index contributed by atoms with van der Waals surface area (Å²) in [6.45, 7) is 0.519. The van der Waals surface area contributed by atoms with E-state index >= 15 is 0 Å². The molecule has 0 bridgehead atoms. The first-order valence-electron chi connectivity index (χ1n) is 10.4. The maximum atomic E-state index is 12.9. The van der Waals surface area contributed by atoms with Gasteiger partial charge < -0.3 is 9.47 Å². The van der Waals surface area contributed by atoms with Crippen molar-refractivity contribution in [1.82, 2.24) is 4.90 Å². The van der Waals surface area contributed by atoms with Crippen LogP contribution in [0, 0.1) is 14.9 Å². The van der Waals surface area contributed by atoms with E-state index in [0.29, 0.717) is 32.0 Å². The molecule has 0 N–H and O–H groups in total. The predicted molar refractivity (Wildman–Crippen MR) is 147 cm³/mol. The molecule has 1 aliphatic heterocycles. The fourth-order valence-corrected chi connectivity index (χ4v) is 5.13. The van der Waals surface area contributed by atoms with Crippen molar-refractivity contribution in [3.8, 4) is 17.6 Å². The molecule has 1 aliphatic rings. The van der Waals surface area contributed by atoms with Gasteiger partial charge in [-0.15, -0.1) is 0 Å². The summed E-state index contributed by atoms with van der Waals surface area (Å²) >= 11 is 6.66. The van der Waals surface area contributed by atoms with E-state index in [1.54, 1.807) is 24.3 Å². The standard InChI is InChI=1S/C26H18BrIN2O4S/c1-33-22-11-19(10-21(27)24(22)34-15-18-4-2-16(13-29)3-5-18)12-23-25(31)30(26(32)35-23)14-17-6-8-20(28)9-7-17/h2-12H,14-15H2,1H3/b23-12+. The Morgan fingerprint density at radius 2 is 1.77 bits per heavy atom. The molecule has 1 heterocycles. The van der Waals surface area contributed by atoms with E-state index in [2.05, 4.69) is 44.6 Å². The normalized spacial score (nSPS) is 14.3. The zero-order chi connectivity index (χ0) is 24.9. The number of halogens is 2. The first kappa shape index (κ1) is 25.3. The summed E-state index contributed by atoms with van der Waals surface area (Å²) in [7, 11) is 1.54. The third-order valence-corrected chi connectivity index (χ3v) is 7.36. The number of carbonyl (C=O) groups is 2. The molecule has 0 saturated carbocycles. The lowest BCUT2D eigenvalue weighted by atomic mass is 10.1. The lowest BCUT2D eigenvalue weighted by Gasteiger charge is -2.14. The molecule has 176 valence electrons. The second-order valence-electron chi connectivity index (χ2n) is 7.53. The molecule has 35 heavy (non-hydrogen) atoms. The number of hydrogen-bond donors (Lipinski definition) is 0. The van der Waals surface area contributed by atoms with Crippen molar-refractivity contribution >= 4 is 67.5 Å². The predicted octanol–water partition coefficient (Wildman–Crippen LogP) is 6.75. The van der Waals surface area contributed by atoms with Crippen LogP contribution in [0.3, 0.4) is 0 Å². The van der Waals surface area contributed by atoms with Gasteiger partial charge in [0.2, 0.25) is 0 Å². The van der Waals surface area contributed by atoms with Gasteiger partial charge in [0.25, 0.3) is 11.1 Å². The molecule has 6 nitrogen and oxygen atoms in total. The molecule has 0 radical (unpaired) electrons. The van der Waals surface area contributed by atoms with E-state index < -0.39 is 0 Å². The van der Waals surface area contributed by atoms with Gasteiger partial charge in [0, 0.05) is 3.57 Å². The number of benzene rings is 3. The Morgan fingerprint density at radius 3 is 2.43 bits per heavy atom. The Bertz CT molecular complexity index is 1350. The van der Waals surface area contributed by atoms with Crippen molar-refractivity contribution in [2.24, 2.45) is 0 Å². The molecular formula is C26H18BrIN2O4S. The molecule has 0 atom stereocenters. The lowest BCUT2D eigenvalue weighted by molar-refractivity contribution is -0.123. The van der Waals surface area contributed by atoms with Gasteiger partial charge >= 0.3 is 0 Å². The highest BCUT2D eigenvalue weighted by molar-refractivity contribution is 14.1. The number of rotatable bonds is 7. The third kappa shape index (κ3) is 6.07. The minimum Gasteiger partial charge on any atom is -0.493 e. The van der Waals surface area contributed by atoms with Crippen LogP contribution in [0.2, 0.25) is 0 Å². The van der Waals surface area contributed by atoms with Gasteiger partial charge in [0.05, 0.1) is 34.7 Å². The Labute approximate surface area is 229 Å². The first-order valence-corrected chi connectivity index (χ1v) is 13.1. The van der Waals surface area contributed by atoms with Gasteiger partial charge in [-0.05, 0) is 109 Å². The number of nitrogens with zero attached hydrogens (tertiary/aromatic N) is 2. The second kappa shape index (κ2) is 11.3. The van der Waals surface area contributed by atoms with E-state index in [4.69, 9.17) is 14.7 Å². The molecule has 9 heteroatoms. The van der Waals surface area contributed by atoms with Gasteiger partial charge in [-0.3, -0.25) is 14.5 Å². The summed E-state index contributed by atoms with van der Waals surface area (Å²) in [5.74, 6) is 0.674. The number of nitriles is 1. The zero-order valence-corrected chi connectivity index (χ0v) is 23.0. The SMILES string of the molecule is COc1cc(/C=C2/SC(=O)N(Cc3ccc(I)cc3)C2=O)cc(Br)c1OCc1ccc(C#N)cc1. The van der Waals surface area contributed by atoms with Crippen molar-refractivity contribution in [2.75, 3.05) is 7.11 Å². The third-order valence-electron chi connectivity index (χ3n) is 5.14. The smallest absolute Gasteiger partial charge is 0.293 e. The Balaban J connectivity index is 1.51. The maximum absolute atomic E-state index is 12.9. The Hall–Kier alpha value is -2.81. The van der Waals surface area contributed by atoms with E-state index in [0.717, 1.165) is 26.5 Å². The van der Waals surface area contributed by atoms with Crippen molar-refractivity contribution in [2.45, 2.75) is 13.2 Å².